The van der Waals surface area contributed by atoms with E-state index in [1.165, 1.54) is 11.3 Å². The van der Waals surface area contributed by atoms with E-state index < -0.39 is 23.8 Å². The second kappa shape index (κ2) is 7.94. The Morgan fingerprint density at radius 2 is 1.90 bits per heavy atom. The number of allylic oxidation sites excluding steroid dienone is 2. The smallest absolute Gasteiger partial charge is 0.341 e. The molecule has 1 heterocycles. The van der Waals surface area contributed by atoms with E-state index in [0.717, 1.165) is 42.5 Å². The molecule has 4 rings (SSSR count). The third-order valence-corrected chi connectivity index (χ3v) is 7.75. The number of rotatable bonds is 6. The molecule has 3 aliphatic carbocycles. The fourth-order valence-corrected chi connectivity index (χ4v) is 6.19. The van der Waals surface area contributed by atoms with Gasteiger partial charge in [0.05, 0.1) is 23.5 Å². The van der Waals surface area contributed by atoms with E-state index in [4.69, 9.17) is 4.74 Å². The highest BCUT2D eigenvalue weighted by molar-refractivity contribution is 7.17. The Labute approximate surface area is 174 Å². The second-order valence-electron chi connectivity index (χ2n) is 8.37. The fourth-order valence-electron chi connectivity index (χ4n) is 4.91. The van der Waals surface area contributed by atoms with Crippen LogP contribution in [0.25, 0.3) is 0 Å². The van der Waals surface area contributed by atoms with Crippen LogP contribution < -0.4 is 5.32 Å². The number of carboxylic acids is 1. The molecule has 1 saturated carbocycles. The standard InChI is InChI=1S/C22H27NO5S/c1-3-11(2)28-22(27)18-14-6-4-5-7-15(14)29-20(18)23-19(24)16-12-8-9-13(10-12)17(16)21(25)26/h8-9,11-13,16-17H,3-7,10H2,1-2H3,(H,23,24)(H,25,26)/t11-,12-,13-,16+,17+/m0/s1. The third-order valence-electron chi connectivity index (χ3n) is 6.54. The molecule has 2 N–H and O–H groups in total. The summed E-state index contributed by atoms with van der Waals surface area (Å²) in [5.41, 5.74) is 1.47. The number of carbonyl (C=O) groups is 3. The number of carbonyl (C=O) groups excluding carboxylic acids is 2. The fraction of sp³-hybridized carbons (Fsp3) is 0.591. The number of esters is 1. The van der Waals surface area contributed by atoms with Crippen molar-refractivity contribution >= 4 is 34.2 Å². The summed E-state index contributed by atoms with van der Waals surface area (Å²) in [6.07, 6.45) is 8.90. The highest BCUT2D eigenvalue weighted by Gasteiger charge is 2.51. The molecule has 0 radical (unpaired) electrons. The summed E-state index contributed by atoms with van der Waals surface area (Å²) in [7, 11) is 0. The van der Waals surface area contributed by atoms with Crippen LogP contribution in [0.1, 0.15) is 60.3 Å². The van der Waals surface area contributed by atoms with E-state index in [-0.39, 0.29) is 23.8 Å². The minimum atomic E-state index is -0.927. The minimum Gasteiger partial charge on any atom is -0.481 e. The van der Waals surface area contributed by atoms with Crippen LogP contribution in [0, 0.1) is 23.7 Å². The van der Waals surface area contributed by atoms with Gasteiger partial charge in [-0.15, -0.1) is 11.3 Å². The molecule has 2 bridgehead atoms. The Balaban J connectivity index is 1.62. The van der Waals surface area contributed by atoms with Crippen molar-refractivity contribution in [2.75, 3.05) is 5.32 Å². The lowest BCUT2D eigenvalue weighted by Gasteiger charge is -2.23. The molecule has 29 heavy (non-hydrogen) atoms. The Morgan fingerprint density at radius 1 is 1.21 bits per heavy atom. The van der Waals surface area contributed by atoms with Crippen LogP contribution in [0.5, 0.6) is 0 Å². The van der Waals surface area contributed by atoms with Crippen LogP contribution in [0.3, 0.4) is 0 Å². The lowest BCUT2D eigenvalue weighted by molar-refractivity contribution is -0.146. The number of hydrogen-bond acceptors (Lipinski definition) is 5. The summed E-state index contributed by atoms with van der Waals surface area (Å²) in [6, 6.07) is 0. The van der Waals surface area contributed by atoms with Gasteiger partial charge < -0.3 is 15.2 Å². The molecule has 5 atom stereocenters. The van der Waals surface area contributed by atoms with Gasteiger partial charge in [-0.3, -0.25) is 9.59 Å². The third kappa shape index (κ3) is 3.61. The Hall–Kier alpha value is -2.15. The minimum absolute atomic E-state index is 0.0498. The molecule has 0 saturated heterocycles. The van der Waals surface area contributed by atoms with Crippen molar-refractivity contribution in [3.63, 3.8) is 0 Å². The van der Waals surface area contributed by atoms with E-state index in [9.17, 15) is 19.5 Å². The maximum Gasteiger partial charge on any atom is 0.341 e. The lowest BCUT2D eigenvalue weighted by Crippen LogP contribution is -2.36. The van der Waals surface area contributed by atoms with Gasteiger partial charge in [0.2, 0.25) is 5.91 Å². The lowest BCUT2D eigenvalue weighted by atomic mass is 9.82. The molecule has 0 aromatic carbocycles. The topological polar surface area (TPSA) is 92.7 Å². The average Bonchev–Trinajstić information content (AvgIpc) is 3.39. The van der Waals surface area contributed by atoms with Crippen molar-refractivity contribution in [1.29, 1.82) is 0 Å². The number of amides is 1. The van der Waals surface area contributed by atoms with Crippen LogP contribution in [-0.2, 0) is 27.2 Å². The van der Waals surface area contributed by atoms with Gasteiger partial charge in [0.1, 0.15) is 5.00 Å². The first-order valence-electron chi connectivity index (χ1n) is 10.5. The maximum absolute atomic E-state index is 13.1. The molecule has 1 amide bonds. The highest BCUT2D eigenvalue weighted by atomic mass is 32.1. The van der Waals surface area contributed by atoms with Crippen molar-refractivity contribution in [2.45, 2.75) is 58.5 Å². The first-order chi connectivity index (χ1) is 13.9. The van der Waals surface area contributed by atoms with Gasteiger partial charge in [0.25, 0.3) is 0 Å². The molecular weight excluding hydrogens is 390 g/mol. The van der Waals surface area contributed by atoms with Gasteiger partial charge in [0.15, 0.2) is 0 Å². The Bertz CT molecular complexity index is 873. The number of anilines is 1. The first kappa shape index (κ1) is 20.1. The quantitative estimate of drug-likeness (QED) is 0.538. The van der Waals surface area contributed by atoms with Crippen molar-refractivity contribution in [2.24, 2.45) is 23.7 Å². The molecule has 0 spiro atoms. The van der Waals surface area contributed by atoms with E-state index in [0.29, 0.717) is 17.0 Å². The Kier molecular flexibility index (Phi) is 5.51. The van der Waals surface area contributed by atoms with Crippen molar-refractivity contribution in [3.05, 3.63) is 28.2 Å². The number of thiophene rings is 1. The summed E-state index contributed by atoms with van der Waals surface area (Å²) < 4.78 is 5.58. The van der Waals surface area contributed by atoms with Crippen LogP contribution in [-0.4, -0.2) is 29.1 Å². The predicted molar refractivity (Wildman–Crippen MR) is 110 cm³/mol. The average molecular weight is 418 g/mol. The summed E-state index contributed by atoms with van der Waals surface area (Å²) in [6.45, 7) is 3.81. The van der Waals surface area contributed by atoms with Gasteiger partial charge in [-0.2, -0.15) is 0 Å². The highest BCUT2D eigenvalue weighted by Crippen LogP contribution is 2.49. The molecule has 0 unspecified atom stereocenters. The van der Waals surface area contributed by atoms with Crippen molar-refractivity contribution < 1.29 is 24.2 Å². The number of ether oxygens (including phenoxy) is 1. The number of aryl methyl sites for hydroxylation is 1. The zero-order valence-corrected chi connectivity index (χ0v) is 17.6. The summed E-state index contributed by atoms with van der Waals surface area (Å²) in [5, 5.41) is 13.1. The number of hydrogen-bond donors (Lipinski definition) is 2. The summed E-state index contributed by atoms with van der Waals surface area (Å²) in [5.74, 6) is -3.05. The summed E-state index contributed by atoms with van der Waals surface area (Å²) >= 11 is 1.44. The molecular formula is C22H27NO5S. The second-order valence-corrected chi connectivity index (χ2v) is 9.47. The number of fused-ring (bicyclic) bond motifs is 3. The predicted octanol–water partition coefficient (Wildman–Crippen LogP) is 4.04. The molecule has 1 aromatic heterocycles. The van der Waals surface area contributed by atoms with Crippen LogP contribution in [0.2, 0.25) is 0 Å². The molecule has 156 valence electrons. The van der Waals surface area contributed by atoms with Gasteiger partial charge in [-0.25, -0.2) is 4.79 Å². The molecule has 7 heteroatoms. The normalized spacial score (nSPS) is 28.1. The monoisotopic (exact) mass is 417 g/mol. The number of aliphatic carboxylic acids is 1. The van der Waals surface area contributed by atoms with Crippen LogP contribution in [0.15, 0.2) is 12.2 Å². The van der Waals surface area contributed by atoms with Crippen LogP contribution >= 0.6 is 11.3 Å². The van der Waals surface area contributed by atoms with Gasteiger partial charge in [-0.05, 0) is 62.8 Å². The van der Waals surface area contributed by atoms with Gasteiger partial charge >= 0.3 is 11.9 Å². The zero-order chi connectivity index (χ0) is 20.7. The van der Waals surface area contributed by atoms with Crippen molar-refractivity contribution in [3.8, 4) is 0 Å². The number of nitrogens with one attached hydrogen (secondary N) is 1. The van der Waals surface area contributed by atoms with E-state index in [1.54, 1.807) is 0 Å². The molecule has 1 fully saturated rings. The SMILES string of the molecule is CC[C@H](C)OC(=O)c1c(NC(=O)[C@H]2[C@H](C(=O)O)[C@H]3C=C[C@H]2C3)sc2c1CCCC2. The summed E-state index contributed by atoms with van der Waals surface area (Å²) in [4.78, 5) is 38.9. The Morgan fingerprint density at radius 3 is 2.59 bits per heavy atom. The molecule has 1 aromatic rings. The number of carboxylic acid groups (broad SMARTS) is 1. The van der Waals surface area contributed by atoms with Crippen LogP contribution in [0.4, 0.5) is 5.00 Å². The van der Waals surface area contributed by atoms with Crippen molar-refractivity contribution in [1.82, 2.24) is 0 Å². The van der Waals surface area contributed by atoms with E-state index in [2.05, 4.69) is 5.32 Å². The van der Waals surface area contributed by atoms with E-state index >= 15 is 0 Å². The molecule has 0 aliphatic heterocycles. The van der Waals surface area contributed by atoms with E-state index in [1.807, 2.05) is 26.0 Å². The maximum atomic E-state index is 13.1. The first-order valence-corrected chi connectivity index (χ1v) is 11.3. The van der Waals surface area contributed by atoms with Gasteiger partial charge in [0, 0.05) is 4.88 Å². The largest absolute Gasteiger partial charge is 0.481 e. The zero-order valence-electron chi connectivity index (χ0n) is 16.8. The van der Waals surface area contributed by atoms with Gasteiger partial charge in [-0.1, -0.05) is 19.1 Å². The molecule has 6 nitrogen and oxygen atoms in total. The molecule has 3 aliphatic rings.